The molecule has 1 aliphatic rings. The fourth-order valence-electron chi connectivity index (χ4n) is 1.94. The Hall–Kier alpha value is -0.810. The summed E-state index contributed by atoms with van der Waals surface area (Å²) in [5.41, 5.74) is 2.86. The number of guanidine groups is 1. The standard InChI is InChI=1S/C11H24N4O/c1-3-11(6-4-7-11)14-10(15-12)13-8-5-9-16-2/h3-9,12H2,1-2H3,(H2,13,14,15). The van der Waals surface area contributed by atoms with Crippen LogP contribution in [0.3, 0.4) is 0 Å². The molecule has 1 rings (SSSR count). The molecular formula is C11H24N4O. The molecule has 0 unspecified atom stereocenters. The lowest BCUT2D eigenvalue weighted by Crippen LogP contribution is -2.57. The minimum Gasteiger partial charge on any atom is -0.385 e. The predicted molar refractivity (Wildman–Crippen MR) is 66.1 cm³/mol. The summed E-state index contributed by atoms with van der Waals surface area (Å²) in [7, 11) is 1.70. The lowest BCUT2D eigenvalue weighted by molar-refractivity contribution is 0.196. The van der Waals surface area contributed by atoms with Gasteiger partial charge in [0.1, 0.15) is 0 Å². The van der Waals surface area contributed by atoms with Crippen LogP contribution in [0.2, 0.25) is 0 Å². The van der Waals surface area contributed by atoms with Crippen molar-refractivity contribution in [2.75, 3.05) is 20.3 Å². The minimum atomic E-state index is 0.229. The Kier molecular flexibility index (Phi) is 5.55. The molecule has 1 aliphatic carbocycles. The summed E-state index contributed by atoms with van der Waals surface area (Å²) in [6, 6.07) is 0. The average molecular weight is 228 g/mol. The van der Waals surface area contributed by atoms with E-state index < -0.39 is 0 Å². The zero-order valence-corrected chi connectivity index (χ0v) is 10.4. The topological polar surface area (TPSA) is 71.7 Å². The van der Waals surface area contributed by atoms with Crippen molar-refractivity contribution < 1.29 is 4.74 Å². The molecule has 0 heterocycles. The second-order valence-corrected chi connectivity index (χ2v) is 4.33. The normalized spacial score (nSPS) is 19.1. The first-order valence-electron chi connectivity index (χ1n) is 6.04. The number of aliphatic imine (C=N–C) groups is 1. The molecule has 4 N–H and O–H groups in total. The van der Waals surface area contributed by atoms with Crippen molar-refractivity contribution in [3.05, 3.63) is 0 Å². The van der Waals surface area contributed by atoms with Gasteiger partial charge in [-0.2, -0.15) is 0 Å². The third-order valence-electron chi connectivity index (χ3n) is 3.28. The average Bonchev–Trinajstić information content (AvgIpc) is 2.26. The lowest BCUT2D eigenvalue weighted by Gasteiger charge is -2.42. The zero-order chi connectivity index (χ0) is 11.9. The quantitative estimate of drug-likeness (QED) is 0.206. The van der Waals surface area contributed by atoms with Crippen LogP contribution in [0.5, 0.6) is 0 Å². The maximum Gasteiger partial charge on any atom is 0.206 e. The van der Waals surface area contributed by atoms with Crippen molar-refractivity contribution in [3.8, 4) is 0 Å². The van der Waals surface area contributed by atoms with Gasteiger partial charge >= 0.3 is 0 Å². The van der Waals surface area contributed by atoms with Gasteiger partial charge in [-0.15, -0.1) is 0 Å². The van der Waals surface area contributed by atoms with E-state index in [9.17, 15) is 0 Å². The molecule has 16 heavy (non-hydrogen) atoms. The van der Waals surface area contributed by atoms with E-state index in [1.165, 1.54) is 19.3 Å². The fraction of sp³-hybridized carbons (Fsp3) is 0.909. The number of hydrazine groups is 1. The van der Waals surface area contributed by atoms with E-state index in [1.54, 1.807) is 7.11 Å². The van der Waals surface area contributed by atoms with Gasteiger partial charge in [-0.05, 0) is 32.1 Å². The summed E-state index contributed by atoms with van der Waals surface area (Å²) in [6.07, 6.45) is 5.75. The third kappa shape index (κ3) is 3.64. The van der Waals surface area contributed by atoms with Crippen molar-refractivity contribution in [3.63, 3.8) is 0 Å². The number of hydrogen-bond acceptors (Lipinski definition) is 3. The van der Waals surface area contributed by atoms with Crippen LogP contribution < -0.4 is 16.6 Å². The summed E-state index contributed by atoms with van der Waals surface area (Å²) in [5, 5.41) is 3.42. The van der Waals surface area contributed by atoms with E-state index in [2.05, 4.69) is 22.7 Å². The predicted octanol–water partition coefficient (Wildman–Crippen LogP) is 0.765. The van der Waals surface area contributed by atoms with Crippen LogP contribution in [-0.4, -0.2) is 31.8 Å². The highest BCUT2D eigenvalue weighted by Gasteiger charge is 2.35. The highest BCUT2D eigenvalue weighted by molar-refractivity contribution is 5.80. The van der Waals surface area contributed by atoms with Gasteiger partial charge in [0.25, 0.3) is 0 Å². The molecule has 0 radical (unpaired) electrons. The number of ether oxygens (including phenoxy) is 1. The first-order valence-corrected chi connectivity index (χ1v) is 6.04. The van der Waals surface area contributed by atoms with E-state index >= 15 is 0 Å². The van der Waals surface area contributed by atoms with E-state index in [4.69, 9.17) is 10.6 Å². The summed E-state index contributed by atoms with van der Waals surface area (Å²) >= 11 is 0. The number of nitrogens with zero attached hydrogens (tertiary/aromatic N) is 1. The van der Waals surface area contributed by atoms with Gasteiger partial charge in [0.15, 0.2) is 0 Å². The Morgan fingerprint density at radius 3 is 2.69 bits per heavy atom. The highest BCUT2D eigenvalue weighted by Crippen LogP contribution is 2.34. The Labute approximate surface area is 97.8 Å². The van der Waals surface area contributed by atoms with Crippen LogP contribution in [0.15, 0.2) is 4.99 Å². The third-order valence-corrected chi connectivity index (χ3v) is 3.28. The highest BCUT2D eigenvalue weighted by atomic mass is 16.5. The molecule has 0 aliphatic heterocycles. The SMILES string of the molecule is CCC1(NC(=NCCCOC)NN)CCC1. The summed E-state index contributed by atoms with van der Waals surface area (Å²) in [4.78, 5) is 4.38. The molecule has 1 fully saturated rings. The van der Waals surface area contributed by atoms with Gasteiger partial charge < -0.3 is 10.1 Å². The molecule has 0 atom stereocenters. The number of nitrogens with two attached hydrogens (primary N) is 1. The number of methoxy groups -OCH3 is 1. The maximum atomic E-state index is 5.45. The van der Waals surface area contributed by atoms with Gasteiger partial charge in [-0.1, -0.05) is 6.92 Å². The van der Waals surface area contributed by atoms with Gasteiger partial charge in [-0.3, -0.25) is 10.4 Å². The zero-order valence-electron chi connectivity index (χ0n) is 10.4. The first kappa shape index (κ1) is 13.3. The van der Waals surface area contributed by atoms with E-state index in [1.807, 2.05) is 0 Å². The van der Waals surface area contributed by atoms with E-state index in [0.29, 0.717) is 5.96 Å². The van der Waals surface area contributed by atoms with Crippen molar-refractivity contribution >= 4 is 5.96 Å². The monoisotopic (exact) mass is 228 g/mol. The molecule has 1 saturated carbocycles. The molecule has 0 amide bonds. The van der Waals surface area contributed by atoms with Crippen LogP contribution in [0.1, 0.15) is 39.0 Å². The van der Waals surface area contributed by atoms with Crippen LogP contribution in [0.4, 0.5) is 0 Å². The van der Waals surface area contributed by atoms with Crippen LogP contribution in [-0.2, 0) is 4.74 Å². The minimum absolute atomic E-state index is 0.229. The molecule has 0 bridgehead atoms. The molecule has 0 aromatic carbocycles. The Balaban J connectivity index is 2.35. The number of nitrogens with one attached hydrogen (secondary N) is 2. The van der Waals surface area contributed by atoms with Crippen molar-refractivity contribution in [1.82, 2.24) is 10.7 Å². The molecule has 5 heteroatoms. The van der Waals surface area contributed by atoms with Crippen LogP contribution in [0.25, 0.3) is 0 Å². The number of rotatable bonds is 6. The Bertz CT molecular complexity index is 221. The maximum absolute atomic E-state index is 5.45. The molecule has 5 nitrogen and oxygen atoms in total. The van der Waals surface area contributed by atoms with Crippen LogP contribution >= 0.6 is 0 Å². The van der Waals surface area contributed by atoms with E-state index in [-0.39, 0.29) is 5.54 Å². The smallest absolute Gasteiger partial charge is 0.206 e. The molecule has 0 saturated heterocycles. The first-order chi connectivity index (χ1) is 7.76. The molecule has 94 valence electrons. The fourth-order valence-corrected chi connectivity index (χ4v) is 1.94. The Morgan fingerprint density at radius 1 is 1.50 bits per heavy atom. The van der Waals surface area contributed by atoms with Crippen molar-refractivity contribution in [2.45, 2.75) is 44.6 Å². The second kappa shape index (κ2) is 6.70. The summed E-state index contributed by atoms with van der Waals surface area (Å²) in [5.74, 6) is 6.16. The van der Waals surface area contributed by atoms with Crippen LogP contribution in [0, 0.1) is 0 Å². The number of hydrogen-bond donors (Lipinski definition) is 3. The van der Waals surface area contributed by atoms with E-state index in [0.717, 1.165) is 26.0 Å². The van der Waals surface area contributed by atoms with Crippen molar-refractivity contribution in [2.24, 2.45) is 10.8 Å². The van der Waals surface area contributed by atoms with Gasteiger partial charge in [0, 0.05) is 25.8 Å². The second-order valence-electron chi connectivity index (χ2n) is 4.33. The van der Waals surface area contributed by atoms with Gasteiger partial charge in [0.05, 0.1) is 0 Å². The lowest BCUT2D eigenvalue weighted by atomic mass is 9.75. The molecule has 0 spiro atoms. The Morgan fingerprint density at radius 2 is 2.25 bits per heavy atom. The summed E-state index contributed by atoms with van der Waals surface area (Å²) in [6.45, 7) is 3.67. The molecule has 0 aromatic heterocycles. The largest absolute Gasteiger partial charge is 0.385 e. The summed E-state index contributed by atoms with van der Waals surface area (Å²) < 4.78 is 4.97. The van der Waals surface area contributed by atoms with Gasteiger partial charge in [-0.25, -0.2) is 5.84 Å². The molecule has 0 aromatic rings. The van der Waals surface area contributed by atoms with Crippen molar-refractivity contribution in [1.29, 1.82) is 0 Å². The molecular weight excluding hydrogens is 204 g/mol. The van der Waals surface area contributed by atoms with Gasteiger partial charge in [0.2, 0.25) is 5.96 Å².